The lowest BCUT2D eigenvalue weighted by Gasteiger charge is -2.15. The Balaban J connectivity index is 0. The highest BCUT2D eigenvalue weighted by atomic mass is 16.5. The van der Waals surface area contributed by atoms with Crippen LogP contribution in [0.1, 0.15) is 188 Å². The van der Waals surface area contributed by atoms with Gasteiger partial charge in [0.25, 0.3) is 0 Å². The van der Waals surface area contributed by atoms with E-state index in [2.05, 4.69) is 33.9 Å². The van der Waals surface area contributed by atoms with Crippen LogP contribution in [0.25, 0.3) is 0 Å². The average Bonchev–Trinajstić information content (AvgIpc) is 3.00. The molecule has 0 aromatic rings. The minimum atomic E-state index is -0.299. The van der Waals surface area contributed by atoms with Gasteiger partial charge in [-0.3, -0.25) is 0 Å². The SMILES string of the molecule is C=CC(=O)OCC(CCC)CCCCC.C=CC(=O)OCCCCCCCCCCCCCCCCCCCCCC. The van der Waals surface area contributed by atoms with Gasteiger partial charge < -0.3 is 9.47 Å². The molecule has 1 unspecified atom stereocenters. The quantitative estimate of drug-likeness (QED) is 0.0456. The highest BCUT2D eigenvalue weighted by molar-refractivity contribution is 5.81. The normalized spacial score (nSPS) is 11.3. The number of hydrogen-bond acceptors (Lipinski definition) is 4. The molecule has 0 heterocycles. The van der Waals surface area contributed by atoms with Crippen molar-refractivity contribution in [2.75, 3.05) is 13.2 Å². The van der Waals surface area contributed by atoms with Crippen molar-refractivity contribution < 1.29 is 19.1 Å². The van der Waals surface area contributed by atoms with Gasteiger partial charge in [0.05, 0.1) is 13.2 Å². The van der Waals surface area contributed by atoms with Crippen LogP contribution < -0.4 is 0 Å². The van der Waals surface area contributed by atoms with Crippen molar-refractivity contribution in [2.45, 2.75) is 188 Å². The molecule has 0 fully saturated rings. The van der Waals surface area contributed by atoms with Crippen LogP contribution in [-0.4, -0.2) is 25.2 Å². The fourth-order valence-electron chi connectivity index (χ4n) is 5.25. The molecule has 0 bridgehead atoms. The fourth-order valence-corrected chi connectivity index (χ4v) is 5.25. The number of carbonyl (C=O) groups excluding carboxylic acids is 2. The van der Waals surface area contributed by atoms with Crippen molar-refractivity contribution in [1.29, 1.82) is 0 Å². The Bertz CT molecular complexity index is 586. The molecule has 1 atom stereocenters. The Labute approximate surface area is 262 Å². The molecule has 0 spiro atoms. The number of esters is 2. The van der Waals surface area contributed by atoms with Gasteiger partial charge in [-0.05, 0) is 25.2 Å². The molecule has 0 saturated carbocycles. The molecule has 0 aliphatic carbocycles. The van der Waals surface area contributed by atoms with E-state index < -0.39 is 0 Å². The number of rotatable bonds is 31. The Kier molecular flexibility index (Phi) is 37.9. The zero-order valence-electron chi connectivity index (χ0n) is 28.6. The second kappa shape index (κ2) is 37.4. The third-order valence-electron chi connectivity index (χ3n) is 7.95. The molecule has 0 N–H and O–H groups in total. The van der Waals surface area contributed by atoms with Gasteiger partial charge in [0.15, 0.2) is 0 Å². The summed E-state index contributed by atoms with van der Waals surface area (Å²) in [4.78, 5) is 21.8. The second-order valence-corrected chi connectivity index (χ2v) is 12.1. The van der Waals surface area contributed by atoms with E-state index in [0.29, 0.717) is 19.1 Å². The molecule has 42 heavy (non-hydrogen) atoms. The Morgan fingerprint density at radius 3 is 1.21 bits per heavy atom. The molecule has 0 aromatic carbocycles. The van der Waals surface area contributed by atoms with E-state index >= 15 is 0 Å². The standard InChI is InChI=1S/C25H48O2.C13H24O2/c1-3-5-6-7-8-9-10-11-12-13-14-15-16-17-18-19-20-21-22-23-24-27-25(26)4-2;1-4-7-8-10-12(9-5-2)11-15-13(14)6-3/h4H,2-3,5-24H2,1H3;6,12H,3-5,7-11H2,1-2H3. The molecular weight excluding hydrogens is 520 g/mol. The molecule has 0 radical (unpaired) electrons. The van der Waals surface area contributed by atoms with E-state index in [9.17, 15) is 9.59 Å². The molecule has 4 heteroatoms. The van der Waals surface area contributed by atoms with E-state index in [1.807, 2.05) is 0 Å². The van der Waals surface area contributed by atoms with Crippen LogP contribution in [0.15, 0.2) is 25.3 Å². The van der Waals surface area contributed by atoms with Gasteiger partial charge in [0.2, 0.25) is 0 Å². The smallest absolute Gasteiger partial charge is 0.330 e. The average molecular weight is 593 g/mol. The van der Waals surface area contributed by atoms with Gasteiger partial charge in [-0.1, -0.05) is 182 Å². The molecule has 248 valence electrons. The maximum atomic E-state index is 10.9. The highest BCUT2D eigenvalue weighted by Crippen LogP contribution is 2.17. The fraction of sp³-hybridized carbons (Fsp3) is 0.842. The number of carbonyl (C=O) groups is 2. The zero-order valence-corrected chi connectivity index (χ0v) is 28.6. The third kappa shape index (κ3) is 36.4. The van der Waals surface area contributed by atoms with Crippen molar-refractivity contribution in [2.24, 2.45) is 5.92 Å². The van der Waals surface area contributed by atoms with Crippen molar-refractivity contribution in [3.63, 3.8) is 0 Å². The van der Waals surface area contributed by atoms with Gasteiger partial charge in [-0.15, -0.1) is 0 Å². The topological polar surface area (TPSA) is 52.6 Å². The number of unbranched alkanes of at least 4 members (excludes halogenated alkanes) is 21. The van der Waals surface area contributed by atoms with Crippen molar-refractivity contribution in [1.82, 2.24) is 0 Å². The van der Waals surface area contributed by atoms with Crippen LogP contribution in [-0.2, 0) is 19.1 Å². The van der Waals surface area contributed by atoms with Gasteiger partial charge >= 0.3 is 11.9 Å². The second-order valence-electron chi connectivity index (χ2n) is 12.1. The summed E-state index contributed by atoms with van der Waals surface area (Å²) in [7, 11) is 0. The summed E-state index contributed by atoms with van der Waals surface area (Å²) in [5, 5.41) is 0. The van der Waals surface area contributed by atoms with E-state index in [1.54, 1.807) is 0 Å². The Hall–Kier alpha value is -1.58. The van der Waals surface area contributed by atoms with E-state index in [0.717, 1.165) is 19.3 Å². The van der Waals surface area contributed by atoms with Crippen molar-refractivity contribution in [3.8, 4) is 0 Å². The first kappa shape index (κ1) is 42.6. The van der Waals surface area contributed by atoms with E-state index in [-0.39, 0.29) is 11.9 Å². The molecule has 0 aliphatic heterocycles. The molecule has 0 amide bonds. The summed E-state index contributed by atoms with van der Waals surface area (Å²) in [6, 6.07) is 0. The summed E-state index contributed by atoms with van der Waals surface area (Å²) < 4.78 is 10.1. The maximum absolute atomic E-state index is 10.9. The molecule has 4 nitrogen and oxygen atoms in total. The van der Waals surface area contributed by atoms with E-state index in [4.69, 9.17) is 9.47 Å². The monoisotopic (exact) mass is 593 g/mol. The van der Waals surface area contributed by atoms with Crippen LogP contribution in [0.2, 0.25) is 0 Å². The largest absolute Gasteiger partial charge is 0.463 e. The zero-order chi connectivity index (χ0) is 31.4. The molecule has 0 rings (SSSR count). The summed E-state index contributed by atoms with van der Waals surface area (Å²) in [6.45, 7) is 14.5. The van der Waals surface area contributed by atoms with Crippen LogP contribution in [0.3, 0.4) is 0 Å². The summed E-state index contributed by atoms with van der Waals surface area (Å²) in [5.74, 6) is -0.0650. The first-order chi connectivity index (χ1) is 20.5. The van der Waals surface area contributed by atoms with Crippen LogP contribution in [0.4, 0.5) is 0 Å². The summed E-state index contributed by atoms with van der Waals surface area (Å²) >= 11 is 0. The first-order valence-electron chi connectivity index (χ1n) is 18.1. The molecule has 0 saturated heterocycles. The van der Waals surface area contributed by atoms with Crippen LogP contribution >= 0.6 is 0 Å². The molecule has 0 aromatic heterocycles. The van der Waals surface area contributed by atoms with Gasteiger partial charge in [-0.25, -0.2) is 9.59 Å². The lowest BCUT2D eigenvalue weighted by atomic mass is 9.97. The van der Waals surface area contributed by atoms with Crippen LogP contribution in [0, 0.1) is 5.92 Å². The summed E-state index contributed by atoms with van der Waals surface area (Å²) in [6.07, 6.45) is 37.4. The molecular formula is C38H72O4. The minimum Gasteiger partial charge on any atom is -0.463 e. The Morgan fingerprint density at radius 1 is 0.476 bits per heavy atom. The lowest BCUT2D eigenvalue weighted by Crippen LogP contribution is -2.12. The number of hydrogen-bond donors (Lipinski definition) is 0. The maximum Gasteiger partial charge on any atom is 0.330 e. The first-order valence-corrected chi connectivity index (χ1v) is 18.1. The highest BCUT2D eigenvalue weighted by Gasteiger charge is 2.09. The predicted octanol–water partition coefficient (Wildman–Crippen LogP) is 12.2. The third-order valence-corrected chi connectivity index (χ3v) is 7.95. The lowest BCUT2D eigenvalue weighted by molar-refractivity contribution is -0.139. The van der Waals surface area contributed by atoms with Crippen molar-refractivity contribution in [3.05, 3.63) is 25.3 Å². The van der Waals surface area contributed by atoms with Gasteiger partial charge in [0, 0.05) is 12.2 Å². The minimum absolute atomic E-state index is 0.298. The number of ether oxygens (including phenoxy) is 2. The predicted molar refractivity (Wildman–Crippen MR) is 183 cm³/mol. The van der Waals surface area contributed by atoms with Gasteiger partial charge in [-0.2, -0.15) is 0 Å². The van der Waals surface area contributed by atoms with Crippen molar-refractivity contribution >= 4 is 11.9 Å². The van der Waals surface area contributed by atoms with E-state index in [1.165, 1.54) is 160 Å². The molecule has 0 aliphatic rings. The summed E-state index contributed by atoms with van der Waals surface area (Å²) in [5.41, 5.74) is 0. The Morgan fingerprint density at radius 2 is 0.833 bits per heavy atom. The van der Waals surface area contributed by atoms with Gasteiger partial charge in [0.1, 0.15) is 0 Å². The van der Waals surface area contributed by atoms with Crippen LogP contribution in [0.5, 0.6) is 0 Å².